The summed E-state index contributed by atoms with van der Waals surface area (Å²) in [5.41, 5.74) is 1.74. The first-order valence-electron chi connectivity index (χ1n) is 10.7. The van der Waals surface area contributed by atoms with Gasteiger partial charge in [0.1, 0.15) is 19.3 Å². The summed E-state index contributed by atoms with van der Waals surface area (Å²) in [6.07, 6.45) is 0.436. The van der Waals surface area contributed by atoms with Gasteiger partial charge in [0.05, 0.1) is 0 Å². The van der Waals surface area contributed by atoms with E-state index in [1.807, 2.05) is 60.7 Å². The molecular formula is C24H28N2O6. The Morgan fingerprint density at radius 3 is 1.97 bits per heavy atom. The van der Waals surface area contributed by atoms with Crippen molar-refractivity contribution in [2.75, 3.05) is 13.1 Å². The number of likely N-dealkylation sites (tertiary alicyclic amines) is 1. The highest BCUT2D eigenvalue weighted by Crippen LogP contribution is 2.23. The Hall–Kier alpha value is -3.55. The largest absolute Gasteiger partial charge is 0.480 e. The molecule has 3 rings (SSSR count). The Bertz CT molecular complexity index is 882. The minimum atomic E-state index is -1.11. The fourth-order valence-electron chi connectivity index (χ4n) is 3.62. The van der Waals surface area contributed by atoms with E-state index in [0.29, 0.717) is 25.9 Å². The van der Waals surface area contributed by atoms with Crippen molar-refractivity contribution in [3.63, 3.8) is 0 Å². The van der Waals surface area contributed by atoms with Crippen LogP contribution < -0.4 is 5.32 Å². The van der Waals surface area contributed by atoms with Crippen LogP contribution >= 0.6 is 0 Å². The number of nitrogens with zero attached hydrogens (tertiary/aromatic N) is 1. The molecule has 0 aromatic heterocycles. The van der Waals surface area contributed by atoms with Crippen LogP contribution in [0.1, 0.15) is 30.4 Å². The number of rotatable bonds is 8. The van der Waals surface area contributed by atoms with Gasteiger partial charge in [-0.2, -0.15) is 0 Å². The van der Waals surface area contributed by atoms with Gasteiger partial charge in [-0.1, -0.05) is 60.7 Å². The number of carbonyl (C=O) groups excluding carboxylic acids is 2. The Morgan fingerprint density at radius 2 is 1.44 bits per heavy atom. The summed E-state index contributed by atoms with van der Waals surface area (Å²) in [6, 6.07) is 17.6. The predicted octanol–water partition coefficient (Wildman–Crippen LogP) is 3.80. The zero-order valence-electron chi connectivity index (χ0n) is 17.8. The number of carbonyl (C=O) groups is 3. The lowest BCUT2D eigenvalue weighted by Gasteiger charge is -2.32. The third kappa shape index (κ3) is 7.30. The van der Waals surface area contributed by atoms with Crippen LogP contribution in [0.25, 0.3) is 0 Å². The van der Waals surface area contributed by atoms with Gasteiger partial charge in [-0.25, -0.2) is 14.4 Å². The van der Waals surface area contributed by atoms with E-state index in [4.69, 9.17) is 9.47 Å². The summed E-state index contributed by atoms with van der Waals surface area (Å²) < 4.78 is 10.5. The first-order valence-corrected chi connectivity index (χ1v) is 10.7. The lowest BCUT2D eigenvalue weighted by atomic mass is 9.90. The summed E-state index contributed by atoms with van der Waals surface area (Å²) in [5, 5.41) is 11.9. The average Bonchev–Trinajstić information content (AvgIpc) is 2.82. The number of hydrogen-bond acceptors (Lipinski definition) is 5. The van der Waals surface area contributed by atoms with E-state index in [1.54, 1.807) is 4.90 Å². The number of nitrogens with one attached hydrogen (secondary N) is 1. The van der Waals surface area contributed by atoms with Gasteiger partial charge in [-0.3, -0.25) is 0 Å². The number of aliphatic carboxylic acids is 1. The van der Waals surface area contributed by atoms with Crippen LogP contribution in [0.3, 0.4) is 0 Å². The monoisotopic (exact) mass is 440 g/mol. The molecule has 0 radical (unpaired) electrons. The van der Waals surface area contributed by atoms with Crippen molar-refractivity contribution in [3.05, 3.63) is 71.8 Å². The molecule has 1 heterocycles. The molecular weight excluding hydrogens is 412 g/mol. The van der Waals surface area contributed by atoms with Gasteiger partial charge in [-0.15, -0.1) is 0 Å². The highest BCUT2D eigenvalue weighted by atomic mass is 16.6. The van der Waals surface area contributed by atoms with Crippen molar-refractivity contribution in [1.29, 1.82) is 0 Å². The zero-order valence-corrected chi connectivity index (χ0v) is 17.8. The molecule has 1 atom stereocenters. The number of piperidine rings is 1. The molecule has 1 unspecified atom stereocenters. The maximum atomic E-state index is 12.3. The van der Waals surface area contributed by atoms with E-state index in [0.717, 1.165) is 11.1 Å². The first-order chi connectivity index (χ1) is 15.5. The molecule has 170 valence electrons. The average molecular weight is 440 g/mol. The molecule has 0 spiro atoms. The van der Waals surface area contributed by atoms with Crippen LogP contribution in [0.2, 0.25) is 0 Å². The lowest BCUT2D eigenvalue weighted by Crippen LogP contribution is -2.44. The van der Waals surface area contributed by atoms with Crippen molar-refractivity contribution in [2.24, 2.45) is 5.92 Å². The van der Waals surface area contributed by atoms with Gasteiger partial charge < -0.3 is 24.8 Å². The van der Waals surface area contributed by atoms with Gasteiger partial charge in [-0.05, 0) is 36.3 Å². The van der Waals surface area contributed by atoms with Crippen LogP contribution in [-0.4, -0.2) is 47.3 Å². The first kappa shape index (κ1) is 23.1. The summed E-state index contributed by atoms with van der Waals surface area (Å²) in [6.45, 7) is 1.27. The molecule has 0 saturated carbocycles. The molecule has 0 aliphatic carbocycles. The van der Waals surface area contributed by atoms with E-state index in [9.17, 15) is 19.5 Å². The SMILES string of the molecule is O=C(NC(CC1CCN(C(=O)OCc2ccccc2)CC1)C(=O)O)OCc1ccccc1. The van der Waals surface area contributed by atoms with Crippen LogP contribution in [0.15, 0.2) is 60.7 Å². The molecule has 8 heteroatoms. The summed E-state index contributed by atoms with van der Waals surface area (Å²) in [5.74, 6) is -1.03. The van der Waals surface area contributed by atoms with Gasteiger partial charge in [0.2, 0.25) is 0 Å². The van der Waals surface area contributed by atoms with E-state index in [2.05, 4.69) is 5.32 Å². The molecule has 2 aromatic carbocycles. The predicted molar refractivity (Wildman–Crippen MR) is 117 cm³/mol. The molecule has 8 nitrogen and oxygen atoms in total. The van der Waals surface area contributed by atoms with Gasteiger partial charge in [0.15, 0.2) is 0 Å². The minimum absolute atomic E-state index is 0.0719. The summed E-state index contributed by atoms with van der Waals surface area (Å²) in [7, 11) is 0. The minimum Gasteiger partial charge on any atom is -0.480 e. The van der Waals surface area contributed by atoms with Crippen molar-refractivity contribution >= 4 is 18.2 Å². The molecule has 2 aromatic rings. The summed E-state index contributed by atoms with van der Waals surface area (Å²) in [4.78, 5) is 37.6. The van der Waals surface area contributed by atoms with Crippen molar-refractivity contribution < 1.29 is 29.0 Å². The normalized spacial score (nSPS) is 14.9. The molecule has 0 bridgehead atoms. The third-order valence-corrected chi connectivity index (χ3v) is 5.45. The van der Waals surface area contributed by atoms with Gasteiger partial charge >= 0.3 is 18.2 Å². The Morgan fingerprint density at radius 1 is 0.906 bits per heavy atom. The van der Waals surface area contributed by atoms with Crippen molar-refractivity contribution in [1.82, 2.24) is 10.2 Å². The summed E-state index contributed by atoms with van der Waals surface area (Å²) >= 11 is 0. The highest BCUT2D eigenvalue weighted by molar-refractivity contribution is 5.79. The van der Waals surface area contributed by atoms with Gasteiger partial charge in [0, 0.05) is 13.1 Å². The second kappa shape index (κ2) is 11.7. The van der Waals surface area contributed by atoms with Crippen LogP contribution in [0, 0.1) is 5.92 Å². The number of ether oxygens (including phenoxy) is 2. The molecule has 1 aliphatic heterocycles. The Labute approximate surface area is 187 Å². The number of amides is 2. The van der Waals surface area contributed by atoms with E-state index in [1.165, 1.54) is 0 Å². The molecule has 2 N–H and O–H groups in total. The van der Waals surface area contributed by atoms with E-state index >= 15 is 0 Å². The molecule has 1 fully saturated rings. The lowest BCUT2D eigenvalue weighted by molar-refractivity contribution is -0.140. The number of benzene rings is 2. The number of hydrogen-bond donors (Lipinski definition) is 2. The van der Waals surface area contributed by atoms with Crippen LogP contribution in [-0.2, 0) is 27.5 Å². The molecule has 1 aliphatic rings. The van der Waals surface area contributed by atoms with Crippen LogP contribution in [0.5, 0.6) is 0 Å². The maximum absolute atomic E-state index is 12.3. The van der Waals surface area contributed by atoms with Crippen molar-refractivity contribution in [3.8, 4) is 0 Å². The van der Waals surface area contributed by atoms with Gasteiger partial charge in [0.25, 0.3) is 0 Å². The second-order valence-corrected chi connectivity index (χ2v) is 7.80. The quantitative estimate of drug-likeness (QED) is 0.647. The fourth-order valence-corrected chi connectivity index (χ4v) is 3.62. The Kier molecular flexibility index (Phi) is 8.48. The Balaban J connectivity index is 1.40. The fraction of sp³-hybridized carbons (Fsp3) is 0.375. The maximum Gasteiger partial charge on any atom is 0.410 e. The molecule has 1 saturated heterocycles. The topological polar surface area (TPSA) is 105 Å². The van der Waals surface area contributed by atoms with E-state index in [-0.39, 0.29) is 31.6 Å². The molecule has 2 amide bonds. The number of alkyl carbamates (subject to hydrolysis) is 1. The van der Waals surface area contributed by atoms with Crippen LogP contribution in [0.4, 0.5) is 9.59 Å². The second-order valence-electron chi connectivity index (χ2n) is 7.80. The third-order valence-electron chi connectivity index (χ3n) is 5.45. The highest BCUT2D eigenvalue weighted by Gasteiger charge is 2.29. The van der Waals surface area contributed by atoms with Crippen molar-refractivity contribution in [2.45, 2.75) is 38.5 Å². The molecule has 32 heavy (non-hydrogen) atoms. The smallest absolute Gasteiger partial charge is 0.410 e. The van der Waals surface area contributed by atoms with E-state index < -0.39 is 18.1 Å². The number of carboxylic acids is 1. The standard InChI is InChI=1S/C24H28N2O6/c27-22(28)21(25-23(29)31-16-19-7-3-1-4-8-19)15-18-11-13-26(14-12-18)24(30)32-17-20-9-5-2-6-10-20/h1-10,18,21H,11-17H2,(H,25,29)(H,27,28). The zero-order chi connectivity index (χ0) is 22.8. The number of carboxylic acid groups (broad SMARTS) is 1.